The van der Waals surface area contributed by atoms with Crippen molar-refractivity contribution < 1.29 is 9.47 Å². The fourth-order valence-electron chi connectivity index (χ4n) is 1.42. The van der Waals surface area contributed by atoms with Gasteiger partial charge in [0.25, 0.3) is 0 Å². The zero-order chi connectivity index (χ0) is 12.0. The Morgan fingerprint density at radius 3 is 2.69 bits per heavy atom. The molecule has 0 aromatic heterocycles. The van der Waals surface area contributed by atoms with Gasteiger partial charge in [0, 0.05) is 13.2 Å². The van der Waals surface area contributed by atoms with Crippen molar-refractivity contribution in [2.24, 2.45) is 5.73 Å². The predicted molar refractivity (Wildman–Crippen MR) is 65.8 cm³/mol. The molecule has 0 aliphatic heterocycles. The second kappa shape index (κ2) is 6.51. The van der Waals surface area contributed by atoms with Gasteiger partial charge in [0.1, 0.15) is 12.4 Å². The second-order valence-electron chi connectivity index (χ2n) is 4.19. The maximum Gasteiger partial charge on any atom is 0.119 e. The molecule has 0 spiro atoms. The van der Waals surface area contributed by atoms with E-state index in [9.17, 15) is 0 Å². The topological polar surface area (TPSA) is 44.5 Å². The van der Waals surface area contributed by atoms with Crippen molar-refractivity contribution >= 4 is 0 Å². The first kappa shape index (κ1) is 13.0. The van der Waals surface area contributed by atoms with Crippen LogP contribution >= 0.6 is 0 Å². The lowest BCUT2D eigenvalue weighted by atomic mass is 10.1. The summed E-state index contributed by atoms with van der Waals surface area (Å²) >= 11 is 0. The molecule has 2 unspecified atom stereocenters. The molecule has 1 aromatic carbocycles. The van der Waals surface area contributed by atoms with Crippen LogP contribution in [0, 0.1) is 0 Å². The lowest BCUT2D eigenvalue weighted by Gasteiger charge is -2.12. The van der Waals surface area contributed by atoms with E-state index in [2.05, 4.69) is 6.07 Å². The maximum atomic E-state index is 5.76. The van der Waals surface area contributed by atoms with Crippen molar-refractivity contribution in [3.05, 3.63) is 29.8 Å². The number of methoxy groups -OCH3 is 1. The van der Waals surface area contributed by atoms with Crippen LogP contribution < -0.4 is 10.5 Å². The Balaban J connectivity index is 2.53. The molecule has 0 heterocycles. The van der Waals surface area contributed by atoms with Gasteiger partial charge in [-0.3, -0.25) is 0 Å². The second-order valence-corrected chi connectivity index (χ2v) is 4.19. The Morgan fingerprint density at radius 2 is 2.06 bits per heavy atom. The summed E-state index contributed by atoms with van der Waals surface area (Å²) in [6.07, 6.45) is 0.980. The quantitative estimate of drug-likeness (QED) is 0.802. The Bertz CT molecular complexity index is 313. The minimum atomic E-state index is 0.108. The van der Waals surface area contributed by atoms with Gasteiger partial charge in [0.2, 0.25) is 0 Å². The maximum absolute atomic E-state index is 5.76. The van der Waals surface area contributed by atoms with Crippen molar-refractivity contribution in [2.45, 2.75) is 32.4 Å². The number of hydrogen-bond acceptors (Lipinski definition) is 3. The van der Waals surface area contributed by atoms with Gasteiger partial charge in [0.15, 0.2) is 0 Å². The third-order valence-electron chi connectivity index (χ3n) is 2.34. The Kier molecular flexibility index (Phi) is 5.29. The summed E-state index contributed by atoms with van der Waals surface area (Å²) in [5.74, 6) is 0.877. The van der Waals surface area contributed by atoms with Crippen molar-refractivity contribution in [1.29, 1.82) is 0 Å². The molecule has 1 rings (SSSR count). The summed E-state index contributed by atoms with van der Waals surface area (Å²) in [6.45, 7) is 4.55. The summed E-state index contributed by atoms with van der Waals surface area (Å²) in [4.78, 5) is 0. The average molecular weight is 223 g/mol. The Morgan fingerprint density at radius 1 is 1.31 bits per heavy atom. The molecule has 3 nitrogen and oxygen atoms in total. The largest absolute Gasteiger partial charge is 0.491 e. The molecule has 0 radical (unpaired) electrons. The van der Waals surface area contributed by atoms with Gasteiger partial charge in [-0.05, 0) is 38.0 Å². The summed E-state index contributed by atoms with van der Waals surface area (Å²) < 4.78 is 10.7. The van der Waals surface area contributed by atoms with Crippen LogP contribution in [0.1, 0.15) is 19.4 Å². The molecule has 0 bridgehead atoms. The molecule has 0 fully saturated rings. The molecule has 0 saturated carbocycles. The van der Waals surface area contributed by atoms with E-state index in [1.165, 1.54) is 5.56 Å². The fourth-order valence-corrected chi connectivity index (χ4v) is 1.42. The van der Waals surface area contributed by atoms with Crippen LogP contribution in [0.4, 0.5) is 0 Å². The normalized spacial score (nSPS) is 14.5. The van der Waals surface area contributed by atoms with Gasteiger partial charge >= 0.3 is 0 Å². The van der Waals surface area contributed by atoms with E-state index in [1.807, 2.05) is 32.0 Å². The van der Waals surface area contributed by atoms with E-state index in [4.69, 9.17) is 15.2 Å². The Labute approximate surface area is 97.6 Å². The number of nitrogens with two attached hydrogens (primary N) is 1. The van der Waals surface area contributed by atoms with E-state index in [0.717, 1.165) is 12.2 Å². The highest BCUT2D eigenvalue weighted by Gasteiger charge is 2.03. The highest BCUT2D eigenvalue weighted by Crippen LogP contribution is 2.14. The molecule has 2 atom stereocenters. The van der Waals surface area contributed by atoms with Crippen LogP contribution in [-0.4, -0.2) is 25.9 Å². The first-order valence-corrected chi connectivity index (χ1v) is 5.62. The van der Waals surface area contributed by atoms with Gasteiger partial charge in [-0.2, -0.15) is 0 Å². The molecular formula is C13H21NO2. The zero-order valence-corrected chi connectivity index (χ0v) is 10.3. The summed E-state index contributed by atoms with van der Waals surface area (Å²) in [6, 6.07) is 8.22. The number of benzene rings is 1. The lowest BCUT2D eigenvalue weighted by molar-refractivity contribution is 0.0716. The molecule has 0 aliphatic carbocycles. The summed E-state index contributed by atoms with van der Waals surface area (Å²) in [5, 5.41) is 0. The smallest absolute Gasteiger partial charge is 0.119 e. The minimum Gasteiger partial charge on any atom is -0.491 e. The van der Waals surface area contributed by atoms with E-state index >= 15 is 0 Å². The van der Waals surface area contributed by atoms with E-state index in [1.54, 1.807) is 7.11 Å². The molecular weight excluding hydrogens is 202 g/mol. The number of rotatable bonds is 6. The highest BCUT2D eigenvalue weighted by molar-refractivity contribution is 5.29. The van der Waals surface area contributed by atoms with Crippen LogP contribution in [-0.2, 0) is 11.2 Å². The highest BCUT2D eigenvalue weighted by atomic mass is 16.5. The van der Waals surface area contributed by atoms with Crippen LogP contribution in [0.5, 0.6) is 5.75 Å². The third kappa shape index (κ3) is 4.64. The number of ether oxygens (including phenoxy) is 2. The molecule has 2 N–H and O–H groups in total. The molecule has 1 aromatic rings. The van der Waals surface area contributed by atoms with Gasteiger partial charge in [0.05, 0.1) is 6.10 Å². The minimum absolute atomic E-state index is 0.108. The van der Waals surface area contributed by atoms with Crippen LogP contribution in [0.25, 0.3) is 0 Å². The van der Waals surface area contributed by atoms with Gasteiger partial charge in [-0.25, -0.2) is 0 Å². The van der Waals surface area contributed by atoms with Crippen LogP contribution in [0.3, 0.4) is 0 Å². The van der Waals surface area contributed by atoms with Crippen molar-refractivity contribution in [3.63, 3.8) is 0 Å². The lowest BCUT2D eigenvalue weighted by Crippen LogP contribution is -2.18. The molecule has 90 valence electrons. The van der Waals surface area contributed by atoms with E-state index < -0.39 is 0 Å². The average Bonchev–Trinajstić information content (AvgIpc) is 2.25. The monoisotopic (exact) mass is 223 g/mol. The van der Waals surface area contributed by atoms with Crippen molar-refractivity contribution in [3.8, 4) is 5.75 Å². The predicted octanol–water partition coefficient (Wildman–Crippen LogP) is 1.99. The van der Waals surface area contributed by atoms with Crippen LogP contribution in [0.2, 0.25) is 0 Å². The molecule has 3 heteroatoms. The zero-order valence-electron chi connectivity index (χ0n) is 10.3. The standard InChI is InChI=1S/C13H21NO2/c1-10(14)7-12-5-4-6-13(8-12)16-9-11(2)15-3/h4-6,8,10-11H,7,9,14H2,1-3H3. The number of hydrogen-bond donors (Lipinski definition) is 1. The van der Waals surface area contributed by atoms with Crippen molar-refractivity contribution in [2.75, 3.05) is 13.7 Å². The molecule has 16 heavy (non-hydrogen) atoms. The molecule has 0 amide bonds. The first-order chi connectivity index (χ1) is 7.61. The van der Waals surface area contributed by atoms with Gasteiger partial charge in [-0.15, -0.1) is 0 Å². The van der Waals surface area contributed by atoms with E-state index in [-0.39, 0.29) is 12.1 Å². The fraction of sp³-hybridized carbons (Fsp3) is 0.538. The van der Waals surface area contributed by atoms with E-state index in [0.29, 0.717) is 6.61 Å². The van der Waals surface area contributed by atoms with Gasteiger partial charge in [-0.1, -0.05) is 12.1 Å². The van der Waals surface area contributed by atoms with Crippen molar-refractivity contribution in [1.82, 2.24) is 0 Å². The Hall–Kier alpha value is -1.06. The van der Waals surface area contributed by atoms with Crippen LogP contribution in [0.15, 0.2) is 24.3 Å². The first-order valence-electron chi connectivity index (χ1n) is 5.62. The molecule has 0 saturated heterocycles. The molecule has 0 aliphatic rings. The van der Waals surface area contributed by atoms with Gasteiger partial charge < -0.3 is 15.2 Å². The summed E-state index contributed by atoms with van der Waals surface area (Å²) in [5.41, 5.74) is 6.96. The summed E-state index contributed by atoms with van der Waals surface area (Å²) in [7, 11) is 1.68. The SMILES string of the molecule is COC(C)COc1cccc(CC(C)N)c1. The third-order valence-corrected chi connectivity index (χ3v) is 2.34.